The van der Waals surface area contributed by atoms with Crippen molar-refractivity contribution in [3.05, 3.63) is 30.6 Å². The number of aryl methyl sites for hydroxylation is 1. The smallest absolute Gasteiger partial charge is 0.334 e. The van der Waals surface area contributed by atoms with Crippen LogP contribution in [0.25, 0.3) is 11.0 Å². The molecule has 0 atom stereocenters. The number of benzene rings is 1. The highest BCUT2D eigenvalue weighted by Crippen LogP contribution is 2.17. The summed E-state index contributed by atoms with van der Waals surface area (Å²) in [5, 5.41) is 0. The van der Waals surface area contributed by atoms with Gasteiger partial charge in [-0.3, -0.25) is 0 Å². The van der Waals surface area contributed by atoms with Gasteiger partial charge in [-0.2, -0.15) is 0 Å². The van der Waals surface area contributed by atoms with Crippen LogP contribution in [-0.2, 0) is 15.4 Å². The predicted molar refractivity (Wildman–Crippen MR) is 74.8 cm³/mol. The van der Waals surface area contributed by atoms with E-state index >= 15 is 0 Å². The number of para-hydroxylation sites is 2. The van der Waals surface area contributed by atoms with Crippen LogP contribution in [0.5, 0.6) is 0 Å². The molecular formula is C13H20N2O2Si. The summed E-state index contributed by atoms with van der Waals surface area (Å²) in [5.74, 6) is 0. The largest absolute Gasteiger partial charge is 0.398 e. The minimum atomic E-state index is -1.93. The SMILES string of the molecule is CO[Si](C)(CCCn1cnc2ccccc21)OC. The summed E-state index contributed by atoms with van der Waals surface area (Å²) in [7, 11) is 1.54. The van der Waals surface area contributed by atoms with Crippen LogP contribution in [0, 0.1) is 0 Å². The summed E-state index contributed by atoms with van der Waals surface area (Å²) in [6, 6.07) is 9.19. The Balaban J connectivity index is 1.98. The molecule has 1 heterocycles. The minimum absolute atomic E-state index is 0.954. The number of aromatic nitrogens is 2. The minimum Gasteiger partial charge on any atom is -0.398 e. The summed E-state index contributed by atoms with van der Waals surface area (Å²) >= 11 is 0. The van der Waals surface area contributed by atoms with Gasteiger partial charge in [-0.1, -0.05) is 12.1 Å². The average molecular weight is 264 g/mol. The fourth-order valence-corrected chi connectivity index (χ4v) is 3.42. The third-order valence-electron chi connectivity index (χ3n) is 3.42. The van der Waals surface area contributed by atoms with E-state index in [1.807, 2.05) is 24.5 Å². The number of imidazole rings is 1. The molecule has 0 bridgehead atoms. The van der Waals surface area contributed by atoms with Gasteiger partial charge in [0.1, 0.15) is 0 Å². The van der Waals surface area contributed by atoms with E-state index in [1.54, 1.807) is 14.2 Å². The lowest BCUT2D eigenvalue weighted by molar-refractivity contribution is 0.248. The highest BCUT2D eigenvalue weighted by atomic mass is 28.4. The van der Waals surface area contributed by atoms with Crippen molar-refractivity contribution in [3.63, 3.8) is 0 Å². The molecule has 0 N–H and O–H groups in total. The van der Waals surface area contributed by atoms with Crippen LogP contribution < -0.4 is 0 Å². The van der Waals surface area contributed by atoms with Gasteiger partial charge in [0.05, 0.1) is 17.4 Å². The summed E-state index contributed by atoms with van der Waals surface area (Å²) in [4.78, 5) is 4.39. The molecule has 2 aromatic rings. The molecule has 2 rings (SSSR count). The highest BCUT2D eigenvalue weighted by molar-refractivity contribution is 6.65. The second-order valence-corrected chi connectivity index (χ2v) is 8.16. The zero-order chi connectivity index (χ0) is 13.0. The first-order valence-electron chi connectivity index (χ1n) is 6.19. The molecule has 0 fully saturated rings. The van der Waals surface area contributed by atoms with Crippen LogP contribution >= 0.6 is 0 Å². The zero-order valence-electron chi connectivity index (χ0n) is 11.2. The first kappa shape index (κ1) is 13.3. The van der Waals surface area contributed by atoms with E-state index in [-0.39, 0.29) is 0 Å². The summed E-state index contributed by atoms with van der Waals surface area (Å²) in [6.45, 7) is 3.05. The molecule has 0 amide bonds. The molecule has 0 unspecified atom stereocenters. The van der Waals surface area contributed by atoms with Gasteiger partial charge in [-0.15, -0.1) is 0 Å². The van der Waals surface area contributed by atoms with Gasteiger partial charge in [0, 0.05) is 20.8 Å². The van der Waals surface area contributed by atoms with Crippen molar-refractivity contribution < 1.29 is 8.85 Å². The van der Waals surface area contributed by atoms with Crippen LogP contribution in [0.2, 0.25) is 12.6 Å². The molecule has 0 spiro atoms. The Morgan fingerprint density at radius 2 is 1.94 bits per heavy atom. The van der Waals surface area contributed by atoms with Crippen LogP contribution in [0.3, 0.4) is 0 Å². The van der Waals surface area contributed by atoms with Crippen LogP contribution in [0.15, 0.2) is 30.6 Å². The van der Waals surface area contributed by atoms with Crippen LogP contribution in [0.4, 0.5) is 0 Å². The lowest BCUT2D eigenvalue weighted by Gasteiger charge is -2.22. The molecule has 0 aliphatic rings. The lowest BCUT2D eigenvalue weighted by atomic mass is 10.3. The normalized spacial score (nSPS) is 12.2. The molecular weight excluding hydrogens is 244 g/mol. The Bertz CT molecular complexity index is 508. The fraction of sp³-hybridized carbons (Fsp3) is 0.462. The quantitative estimate of drug-likeness (QED) is 0.753. The Morgan fingerprint density at radius 1 is 1.22 bits per heavy atom. The molecule has 98 valence electrons. The second-order valence-electron chi connectivity index (χ2n) is 4.57. The van der Waals surface area contributed by atoms with Gasteiger partial charge in [-0.05, 0) is 31.1 Å². The van der Waals surface area contributed by atoms with Gasteiger partial charge in [0.25, 0.3) is 0 Å². The van der Waals surface area contributed by atoms with Crippen LogP contribution in [-0.4, -0.2) is 32.3 Å². The number of rotatable bonds is 6. The van der Waals surface area contributed by atoms with Crippen molar-refractivity contribution in [2.24, 2.45) is 0 Å². The zero-order valence-corrected chi connectivity index (χ0v) is 12.2. The van der Waals surface area contributed by atoms with Gasteiger partial charge >= 0.3 is 8.56 Å². The van der Waals surface area contributed by atoms with E-state index in [2.05, 4.69) is 22.2 Å². The van der Waals surface area contributed by atoms with Crippen molar-refractivity contribution in [1.82, 2.24) is 9.55 Å². The second kappa shape index (κ2) is 5.64. The van der Waals surface area contributed by atoms with Gasteiger partial charge < -0.3 is 13.4 Å². The Labute approximate surface area is 109 Å². The number of hydrogen-bond acceptors (Lipinski definition) is 3. The standard InChI is InChI=1S/C13H20N2O2Si/c1-16-18(3,17-2)10-6-9-15-11-14-12-7-4-5-8-13(12)15/h4-5,7-8,11H,6,9-10H2,1-3H3. The van der Waals surface area contributed by atoms with Crippen LogP contribution in [0.1, 0.15) is 6.42 Å². The first-order chi connectivity index (χ1) is 8.68. The first-order valence-corrected chi connectivity index (χ1v) is 8.71. The van der Waals surface area contributed by atoms with Crippen molar-refractivity contribution in [2.75, 3.05) is 14.2 Å². The third-order valence-corrected chi connectivity index (χ3v) is 6.41. The fourth-order valence-electron chi connectivity index (χ4n) is 2.05. The lowest BCUT2D eigenvalue weighted by Crippen LogP contribution is -2.36. The third kappa shape index (κ3) is 2.80. The Kier molecular flexibility index (Phi) is 4.16. The molecule has 0 saturated carbocycles. The predicted octanol–water partition coefficient (Wildman–Crippen LogP) is 2.79. The molecule has 0 radical (unpaired) electrons. The number of hydrogen-bond donors (Lipinski definition) is 0. The summed E-state index contributed by atoms with van der Waals surface area (Å²) in [5.41, 5.74) is 2.24. The topological polar surface area (TPSA) is 36.3 Å². The number of fused-ring (bicyclic) bond motifs is 1. The molecule has 1 aromatic carbocycles. The van der Waals surface area contributed by atoms with E-state index in [1.165, 1.54) is 5.52 Å². The number of nitrogens with zero attached hydrogens (tertiary/aromatic N) is 2. The molecule has 0 aliphatic carbocycles. The monoisotopic (exact) mass is 264 g/mol. The molecule has 18 heavy (non-hydrogen) atoms. The van der Waals surface area contributed by atoms with Crippen molar-refractivity contribution >= 4 is 19.6 Å². The molecule has 0 aliphatic heterocycles. The van der Waals surface area contributed by atoms with Gasteiger partial charge in [-0.25, -0.2) is 4.98 Å². The van der Waals surface area contributed by atoms with E-state index in [0.717, 1.165) is 24.5 Å². The molecule has 0 saturated heterocycles. The van der Waals surface area contributed by atoms with Gasteiger partial charge in [0.15, 0.2) is 0 Å². The van der Waals surface area contributed by atoms with Crippen molar-refractivity contribution in [1.29, 1.82) is 0 Å². The Hall–Kier alpha value is -1.17. The van der Waals surface area contributed by atoms with Crippen molar-refractivity contribution in [3.8, 4) is 0 Å². The summed E-state index contributed by atoms with van der Waals surface area (Å²) in [6.07, 6.45) is 2.95. The van der Waals surface area contributed by atoms with E-state index in [0.29, 0.717) is 0 Å². The maximum atomic E-state index is 5.49. The Morgan fingerprint density at radius 3 is 2.67 bits per heavy atom. The van der Waals surface area contributed by atoms with E-state index in [9.17, 15) is 0 Å². The van der Waals surface area contributed by atoms with E-state index in [4.69, 9.17) is 8.85 Å². The molecule has 5 heteroatoms. The highest BCUT2D eigenvalue weighted by Gasteiger charge is 2.27. The van der Waals surface area contributed by atoms with E-state index < -0.39 is 8.56 Å². The molecule has 1 aromatic heterocycles. The summed E-state index contributed by atoms with van der Waals surface area (Å²) < 4.78 is 13.2. The van der Waals surface area contributed by atoms with Gasteiger partial charge in [0.2, 0.25) is 0 Å². The molecule has 4 nitrogen and oxygen atoms in total. The van der Waals surface area contributed by atoms with Crippen molar-refractivity contribution in [2.45, 2.75) is 25.6 Å². The average Bonchev–Trinajstić information content (AvgIpc) is 2.82. The maximum Gasteiger partial charge on any atom is 0.334 e. The maximum absolute atomic E-state index is 5.49.